The van der Waals surface area contributed by atoms with E-state index in [4.69, 9.17) is 0 Å². The summed E-state index contributed by atoms with van der Waals surface area (Å²) in [5.41, 5.74) is -1.19. The number of nitrogens with one attached hydrogen (secondary N) is 1. The van der Waals surface area contributed by atoms with E-state index in [1.165, 1.54) is 17.5 Å². The maximum absolute atomic E-state index is 11.9. The van der Waals surface area contributed by atoms with Crippen LogP contribution in [0, 0.1) is 6.92 Å². The lowest BCUT2D eigenvalue weighted by Crippen LogP contribution is -2.53. The van der Waals surface area contributed by atoms with Crippen molar-refractivity contribution in [2.45, 2.75) is 39.2 Å². The minimum atomic E-state index is -1.19. The fourth-order valence-corrected chi connectivity index (χ4v) is 2.20. The molecule has 0 saturated heterocycles. The number of rotatable bonds is 5. The van der Waals surface area contributed by atoms with Crippen molar-refractivity contribution in [1.82, 2.24) is 10.3 Å². The number of carbonyl (C=O) groups excluding carboxylic acids is 1. The Bertz CT molecular complexity index is 424. The van der Waals surface area contributed by atoms with Gasteiger partial charge in [-0.15, -0.1) is 11.3 Å². The normalized spacial score (nSPS) is 11.2. The topological polar surface area (TPSA) is 79.3 Å². The summed E-state index contributed by atoms with van der Waals surface area (Å²) in [6.45, 7) is 5.29. The number of aryl methyl sites for hydroxylation is 1. The third-order valence-corrected chi connectivity index (χ3v) is 3.73. The minimum Gasteiger partial charge on any atom is -0.480 e. The maximum atomic E-state index is 11.9. The maximum Gasteiger partial charge on any atom is 0.329 e. The molecule has 6 heteroatoms. The molecule has 1 heterocycles. The highest BCUT2D eigenvalue weighted by Gasteiger charge is 2.36. The summed E-state index contributed by atoms with van der Waals surface area (Å²) < 4.78 is 0. The van der Waals surface area contributed by atoms with E-state index in [2.05, 4.69) is 10.3 Å². The van der Waals surface area contributed by atoms with E-state index in [9.17, 15) is 14.7 Å². The Kier molecular flexibility index (Phi) is 4.22. The second kappa shape index (κ2) is 5.27. The van der Waals surface area contributed by atoms with Crippen molar-refractivity contribution in [2.24, 2.45) is 0 Å². The zero-order valence-corrected chi connectivity index (χ0v) is 10.9. The molecule has 0 unspecified atom stereocenters. The minimum absolute atomic E-state index is 0.350. The summed E-state index contributed by atoms with van der Waals surface area (Å²) >= 11 is 1.25. The molecule has 0 bridgehead atoms. The highest BCUT2D eigenvalue weighted by Crippen LogP contribution is 2.18. The van der Waals surface area contributed by atoms with Crippen LogP contribution in [0.15, 0.2) is 6.20 Å². The lowest BCUT2D eigenvalue weighted by Gasteiger charge is -2.27. The highest BCUT2D eigenvalue weighted by molar-refractivity contribution is 7.13. The van der Waals surface area contributed by atoms with Crippen molar-refractivity contribution in [3.8, 4) is 0 Å². The van der Waals surface area contributed by atoms with Crippen LogP contribution in [0.5, 0.6) is 0 Å². The van der Waals surface area contributed by atoms with Crippen molar-refractivity contribution in [3.63, 3.8) is 0 Å². The monoisotopic (exact) mass is 256 g/mol. The van der Waals surface area contributed by atoms with Crippen molar-refractivity contribution < 1.29 is 14.7 Å². The summed E-state index contributed by atoms with van der Waals surface area (Å²) in [6.07, 6.45) is 2.16. The largest absolute Gasteiger partial charge is 0.480 e. The number of carboxylic acids is 1. The van der Waals surface area contributed by atoms with Gasteiger partial charge in [0.1, 0.15) is 10.4 Å². The van der Waals surface area contributed by atoms with E-state index in [0.717, 1.165) is 5.01 Å². The van der Waals surface area contributed by atoms with Crippen LogP contribution in [-0.4, -0.2) is 27.5 Å². The van der Waals surface area contributed by atoms with Gasteiger partial charge in [-0.3, -0.25) is 4.79 Å². The Labute approximate surface area is 104 Å². The Hall–Kier alpha value is -1.43. The third kappa shape index (κ3) is 2.82. The summed E-state index contributed by atoms with van der Waals surface area (Å²) in [4.78, 5) is 27.5. The van der Waals surface area contributed by atoms with Crippen LogP contribution in [0.1, 0.15) is 41.4 Å². The zero-order chi connectivity index (χ0) is 13.1. The van der Waals surface area contributed by atoms with E-state index >= 15 is 0 Å². The van der Waals surface area contributed by atoms with Crippen molar-refractivity contribution in [2.75, 3.05) is 0 Å². The van der Waals surface area contributed by atoms with Crippen molar-refractivity contribution in [1.29, 1.82) is 0 Å². The molecule has 94 valence electrons. The molecule has 0 aliphatic carbocycles. The molecular weight excluding hydrogens is 240 g/mol. The van der Waals surface area contributed by atoms with Crippen LogP contribution in [0.25, 0.3) is 0 Å². The van der Waals surface area contributed by atoms with E-state index in [1.54, 1.807) is 20.8 Å². The van der Waals surface area contributed by atoms with Gasteiger partial charge >= 0.3 is 5.97 Å². The number of aromatic nitrogens is 1. The quantitative estimate of drug-likeness (QED) is 0.842. The number of hydrogen-bond acceptors (Lipinski definition) is 4. The van der Waals surface area contributed by atoms with Crippen LogP contribution < -0.4 is 5.32 Å². The average molecular weight is 256 g/mol. The predicted octanol–water partition coefficient (Wildman–Crippen LogP) is 1.82. The van der Waals surface area contributed by atoms with Gasteiger partial charge in [-0.1, -0.05) is 13.8 Å². The first kappa shape index (κ1) is 13.6. The number of hydrogen-bond donors (Lipinski definition) is 2. The molecule has 1 rings (SSSR count). The first-order chi connectivity index (χ1) is 7.95. The average Bonchev–Trinajstić information content (AvgIpc) is 2.72. The zero-order valence-electron chi connectivity index (χ0n) is 10.1. The van der Waals surface area contributed by atoms with Gasteiger partial charge in [-0.2, -0.15) is 0 Å². The van der Waals surface area contributed by atoms with Gasteiger partial charge in [0.15, 0.2) is 0 Å². The van der Waals surface area contributed by atoms with E-state index < -0.39 is 11.5 Å². The molecule has 17 heavy (non-hydrogen) atoms. The number of carbonyl (C=O) groups is 2. The first-order valence-corrected chi connectivity index (χ1v) is 6.25. The molecule has 1 aromatic heterocycles. The number of aliphatic carboxylic acids is 1. The van der Waals surface area contributed by atoms with Gasteiger partial charge in [0.2, 0.25) is 0 Å². The second-order valence-electron chi connectivity index (χ2n) is 3.79. The fourth-order valence-electron chi connectivity index (χ4n) is 1.53. The SMILES string of the molecule is CCC(CC)(NC(=O)c1cnc(C)s1)C(=O)O. The molecule has 0 radical (unpaired) electrons. The summed E-state index contributed by atoms with van der Waals surface area (Å²) in [7, 11) is 0. The molecular formula is C11H16N2O3S. The molecule has 0 atom stereocenters. The molecule has 0 aromatic carbocycles. The predicted molar refractivity (Wildman–Crippen MR) is 65.3 cm³/mol. The first-order valence-electron chi connectivity index (χ1n) is 5.43. The highest BCUT2D eigenvalue weighted by atomic mass is 32.1. The van der Waals surface area contributed by atoms with Crippen LogP contribution >= 0.6 is 11.3 Å². The summed E-state index contributed by atoms with van der Waals surface area (Å²) in [5.74, 6) is -1.38. The molecule has 5 nitrogen and oxygen atoms in total. The van der Waals surface area contributed by atoms with Crippen LogP contribution in [0.4, 0.5) is 0 Å². The Balaban J connectivity index is 2.88. The standard InChI is InChI=1S/C11H16N2O3S/c1-4-11(5-2,10(15)16)13-9(14)8-6-12-7(3)17-8/h6H,4-5H2,1-3H3,(H,13,14)(H,15,16). The van der Waals surface area contributed by atoms with Gasteiger partial charge in [0.25, 0.3) is 5.91 Å². The van der Waals surface area contributed by atoms with Crippen LogP contribution in [-0.2, 0) is 4.79 Å². The molecule has 0 aliphatic heterocycles. The van der Waals surface area contributed by atoms with Gasteiger partial charge in [0, 0.05) is 0 Å². The number of amides is 1. The van der Waals surface area contributed by atoms with Gasteiger partial charge in [0.05, 0.1) is 11.2 Å². The lowest BCUT2D eigenvalue weighted by molar-refractivity contribution is -0.144. The van der Waals surface area contributed by atoms with Crippen molar-refractivity contribution in [3.05, 3.63) is 16.1 Å². The Morgan fingerprint density at radius 1 is 1.47 bits per heavy atom. The molecule has 0 aliphatic rings. The van der Waals surface area contributed by atoms with Crippen molar-refractivity contribution >= 4 is 23.2 Å². The summed E-state index contributed by atoms with van der Waals surface area (Å²) in [6, 6.07) is 0. The molecule has 0 spiro atoms. The van der Waals surface area contributed by atoms with Crippen LogP contribution in [0.2, 0.25) is 0 Å². The molecule has 0 fully saturated rings. The molecule has 1 amide bonds. The van der Waals surface area contributed by atoms with Gasteiger partial charge in [-0.05, 0) is 19.8 Å². The summed E-state index contributed by atoms with van der Waals surface area (Å²) in [5, 5.41) is 12.6. The number of carboxylic acid groups (broad SMARTS) is 1. The number of nitrogens with zero attached hydrogens (tertiary/aromatic N) is 1. The van der Waals surface area contributed by atoms with E-state index in [-0.39, 0.29) is 5.91 Å². The van der Waals surface area contributed by atoms with Gasteiger partial charge < -0.3 is 10.4 Å². The number of thiazole rings is 1. The van der Waals surface area contributed by atoms with E-state index in [0.29, 0.717) is 17.7 Å². The molecule has 2 N–H and O–H groups in total. The fraction of sp³-hybridized carbons (Fsp3) is 0.545. The Morgan fingerprint density at radius 3 is 2.41 bits per heavy atom. The second-order valence-corrected chi connectivity index (χ2v) is 5.03. The molecule has 0 saturated carbocycles. The van der Waals surface area contributed by atoms with Gasteiger partial charge in [-0.25, -0.2) is 9.78 Å². The lowest BCUT2D eigenvalue weighted by atomic mass is 9.93. The van der Waals surface area contributed by atoms with E-state index in [1.807, 2.05) is 0 Å². The smallest absolute Gasteiger partial charge is 0.329 e. The molecule has 1 aromatic rings. The third-order valence-electron chi connectivity index (χ3n) is 2.81. The van der Waals surface area contributed by atoms with Crippen LogP contribution in [0.3, 0.4) is 0 Å². The Morgan fingerprint density at radius 2 is 2.06 bits per heavy atom.